The predicted molar refractivity (Wildman–Crippen MR) is 27.1 cm³/mol. The fraction of sp³-hybridized carbons (Fsp3) is 0.600. The first-order valence-electron chi connectivity index (χ1n) is 1.98. The van der Waals surface area contributed by atoms with Crippen molar-refractivity contribution in [2.24, 2.45) is 0 Å². The molecule has 1 heteroatoms. The van der Waals surface area contributed by atoms with E-state index in [1.165, 1.54) is 0 Å². The van der Waals surface area contributed by atoms with E-state index in [4.69, 9.17) is 6.42 Å². The zero-order valence-corrected chi connectivity index (χ0v) is 4.15. The highest BCUT2D eigenvalue weighted by Crippen LogP contribution is 1.68. The maximum atomic E-state index is 4.87. The van der Waals surface area contributed by atoms with Crippen molar-refractivity contribution in [3.8, 4) is 12.5 Å². The molecule has 0 unspecified atom stereocenters. The topological polar surface area (TPSA) is 12.0 Å². The molecule has 0 fully saturated rings. The normalized spacial score (nSPS) is 7.67. The Morgan fingerprint density at radius 3 is 2.17 bits per heavy atom. The molecule has 0 amide bonds. The average molecular weight is 83.1 g/mol. The minimum atomic E-state index is 0.412. The molecule has 0 aliphatic heterocycles. The van der Waals surface area contributed by atoms with Crippen molar-refractivity contribution in [1.82, 2.24) is 5.32 Å². The lowest BCUT2D eigenvalue weighted by Gasteiger charge is -1.96. The van der Waals surface area contributed by atoms with Gasteiger partial charge in [0, 0.05) is 12.1 Å². The maximum Gasteiger partial charge on any atom is 0.0284 e. The molecule has 0 heterocycles. The first kappa shape index (κ1) is 5.36. The highest BCUT2D eigenvalue weighted by molar-refractivity contribution is 4.81. The Kier molecular flexibility index (Phi) is 2.31. The third kappa shape index (κ3) is 3.36. The van der Waals surface area contributed by atoms with E-state index in [-0.39, 0.29) is 0 Å². The van der Waals surface area contributed by atoms with Crippen LogP contribution in [0.3, 0.4) is 0 Å². The molecule has 34 valence electrons. The van der Waals surface area contributed by atoms with E-state index in [0.717, 1.165) is 0 Å². The second kappa shape index (κ2) is 2.59. The van der Waals surface area contributed by atoms with Gasteiger partial charge >= 0.3 is 0 Å². The average Bonchev–Trinajstić information content (AvgIpc) is 1.35. The number of nitrogens with one attached hydrogen (secondary N) is 1. The zero-order valence-electron chi connectivity index (χ0n) is 4.15. The van der Waals surface area contributed by atoms with Gasteiger partial charge in [-0.2, -0.15) is 0 Å². The van der Waals surface area contributed by atoms with Crippen molar-refractivity contribution < 1.29 is 0 Å². The van der Waals surface area contributed by atoms with Crippen LogP contribution in [0.25, 0.3) is 0 Å². The molecule has 0 radical (unpaired) electrons. The zero-order chi connectivity index (χ0) is 4.99. The summed E-state index contributed by atoms with van der Waals surface area (Å²) in [7, 11) is 0. The standard InChI is InChI=1S/C5H9N/c1-4-6-5(2)3/h1,5-6H,2-3H3. The molecular weight excluding hydrogens is 74.1 g/mol. The highest BCUT2D eigenvalue weighted by atomic mass is 14.8. The van der Waals surface area contributed by atoms with Gasteiger partial charge in [0.05, 0.1) is 0 Å². The van der Waals surface area contributed by atoms with E-state index >= 15 is 0 Å². The van der Waals surface area contributed by atoms with Crippen molar-refractivity contribution in [3.63, 3.8) is 0 Å². The van der Waals surface area contributed by atoms with Crippen molar-refractivity contribution in [1.29, 1.82) is 0 Å². The third-order valence-corrected chi connectivity index (χ3v) is 0.372. The molecule has 0 saturated heterocycles. The van der Waals surface area contributed by atoms with Crippen LogP contribution in [0.15, 0.2) is 0 Å². The van der Waals surface area contributed by atoms with E-state index < -0.39 is 0 Å². The van der Waals surface area contributed by atoms with E-state index in [1.807, 2.05) is 13.8 Å². The molecule has 0 aromatic heterocycles. The van der Waals surface area contributed by atoms with E-state index in [9.17, 15) is 0 Å². The Balaban J connectivity index is 2.88. The van der Waals surface area contributed by atoms with E-state index in [1.54, 1.807) is 0 Å². The molecule has 0 aromatic carbocycles. The summed E-state index contributed by atoms with van der Waals surface area (Å²) in [5, 5.41) is 2.74. The lowest BCUT2D eigenvalue weighted by atomic mass is 10.4. The Labute approximate surface area is 38.7 Å². The summed E-state index contributed by atoms with van der Waals surface area (Å²) in [6.07, 6.45) is 4.87. The van der Waals surface area contributed by atoms with Crippen molar-refractivity contribution in [3.05, 3.63) is 0 Å². The molecular formula is C5H9N. The van der Waals surface area contributed by atoms with Crippen LogP contribution in [-0.4, -0.2) is 6.04 Å². The first-order chi connectivity index (χ1) is 2.77. The van der Waals surface area contributed by atoms with Gasteiger partial charge in [-0.1, -0.05) is 6.42 Å². The Hall–Kier alpha value is -0.640. The lowest BCUT2D eigenvalue weighted by Crippen LogP contribution is -2.15. The summed E-state index contributed by atoms with van der Waals surface area (Å²) in [4.78, 5) is 0. The van der Waals surface area contributed by atoms with Crippen molar-refractivity contribution >= 4 is 0 Å². The monoisotopic (exact) mass is 83.1 g/mol. The van der Waals surface area contributed by atoms with Gasteiger partial charge in [-0.25, -0.2) is 0 Å². The first-order valence-corrected chi connectivity index (χ1v) is 1.98. The fourth-order valence-electron chi connectivity index (χ4n) is 0.167. The summed E-state index contributed by atoms with van der Waals surface area (Å²) in [6.45, 7) is 4.00. The quantitative estimate of drug-likeness (QED) is 0.361. The van der Waals surface area contributed by atoms with E-state index in [2.05, 4.69) is 11.4 Å². The Bertz CT molecular complexity index is 58.8. The summed E-state index contributed by atoms with van der Waals surface area (Å²) in [6, 6.07) is 2.73. The predicted octanol–water partition coefficient (Wildman–Crippen LogP) is 0.575. The van der Waals surface area contributed by atoms with Crippen LogP contribution in [0.1, 0.15) is 13.8 Å². The van der Waals surface area contributed by atoms with Crippen LogP contribution in [0.2, 0.25) is 0 Å². The van der Waals surface area contributed by atoms with Crippen LogP contribution in [0.4, 0.5) is 0 Å². The molecule has 0 aromatic rings. The van der Waals surface area contributed by atoms with Gasteiger partial charge in [-0.05, 0) is 13.8 Å². The summed E-state index contributed by atoms with van der Waals surface area (Å²) in [5.41, 5.74) is 0. The van der Waals surface area contributed by atoms with Gasteiger partial charge in [-0.15, -0.1) is 0 Å². The van der Waals surface area contributed by atoms with Crippen LogP contribution < -0.4 is 5.32 Å². The molecule has 0 rings (SSSR count). The summed E-state index contributed by atoms with van der Waals surface area (Å²) < 4.78 is 0. The minimum Gasteiger partial charge on any atom is -0.344 e. The number of terminal acetylenes is 1. The smallest absolute Gasteiger partial charge is 0.0284 e. The van der Waals surface area contributed by atoms with Crippen molar-refractivity contribution in [2.75, 3.05) is 0 Å². The molecule has 0 spiro atoms. The van der Waals surface area contributed by atoms with Gasteiger partial charge in [0.25, 0.3) is 0 Å². The fourth-order valence-corrected chi connectivity index (χ4v) is 0.167. The molecule has 6 heavy (non-hydrogen) atoms. The maximum absolute atomic E-state index is 4.87. The van der Waals surface area contributed by atoms with Crippen molar-refractivity contribution in [2.45, 2.75) is 19.9 Å². The molecule has 0 aliphatic rings. The molecule has 0 saturated carbocycles. The largest absolute Gasteiger partial charge is 0.344 e. The summed E-state index contributed by atoms with van der Waals surface area (Å²) >= 11 is 0. The van der Waals surface area contributed by atoms with Crippen LogP contribution in [0.5, 0.6) is 0 Å². The van der Waals surface area contributed by atoms with Crippen LogP contribution >= 0.6 is 0 Å². The van der Waals surface area contributed by atoms with E-state index in [0.29, 0.717) is 6.04 Å². The molecule has 1 N–H and O–H groups in total. The third-order valence-electron chi connectivity index (χ3n) is 0.372. The number of rotatable bonds is 1. The van der Waals surface area contributed by atoms with Gasteiger partial charge < -0.3 is 5.32 Å². The molecule has 1 nitrogen and oxygen atoms in total. The second-order valence-electron chi connectivity index (χ2n) is 1.44. The van der Waals surface area contributed by atoms with Gasteiger partial charge in [0.1, 0.15) is 0 Å². The second-order valence-corrected chi connectivity index (χ2v) is 1.44. The lowest BCUT2D eigenvalue weighted by molar-refractivity contribution is 0.722. The van der Waals surface area contributed by atoms with Gasteiger partial charge in [0.2, 0.25) is 0 Å². The molecule has 0 aliphatic carbocycles. The Morgan fingerprint density at radius 2 is 2.17 bits per heavy atom. The van der Waals surface area contributed by atoms with Crippen LogP contribution in [0, 0.1) is 12.5 Å². The highest BCUT2D eigenvalue weighted by Gasteiger charge is 1.79. The molecule has 0 bridgehead atoms. The number of hydrogen-bond acceptors (Lipinski definition) is 1. The number of hydrogen-bond donors (Lipinski definition) is 1. The van der Waals surface area contributed by atoms with Gasteiger partial charge in [0.15, 0.2) is 0 Å². The summed E-state index contributed by atoms with van der Waals surface area (Å²) in [5.74, 6) is 0. The SMILES string of the molecule is C#CNC(C)C. The van der Waals surface area contributed by atoms with Crippen LogP contribution in [-0.2, 0) is 0 Å². The van der Waals surface area contributed by atoms with Gasteiger partial charge in [-0.3, -0.25) is 0 Å². The Morgan fingerprint density at radius 1 is 1.67 bits per heavy atom. The molecule has 0 atom stereocenters. The minimum absolute atomic E-state index is 0.412.